The fourth-order valence-electron chi connectivity index (χ4n) is 2.39. The van der Waals surface area contributed by atoms with Gasteiger partial charge in [-0.25, -0.2) is 14.6 Å². The van der Waals surface area contributed by atoms with Gasteiger partial charge in [-0.3, -0.25) is 20.3 Å². The normalized spacial score (nSPS) is 14.6. The topological polar surface area (TPSA) is 142 Å². The van der Waals surface area contributed by atoms with Gasteiger partial charge in [0.05, 0.1) is 17.1 Å². The van der Waals surface area contributed by atoms with E-state index in [-0.39, 0.29) is 17.7 Å². The molecule has 1 aliphatic rings. The number of non-ortho nitro benzene ring substituents is 1. The number of rotatable bonds is 5. The molecule has 1 heterocycles. The summed E-state index contributed by atoms with van der Waals surface area (Å²) in [5, 5.41) is 21.5. The Hall–Kier alpha value is -3.21. The van der Waals surface area contributed by atoms with Crippen molar-refractivity contribution in [3.63, 3.8) is 0 Å². The van der Waals surface area contributed by atoms with Crippen LogP contribution in [-0.2, 0) is 4.74 Å². The fourth-order valence-corrected chi connectivity index (χ4v) is 2.39. The Bertz CT molecular complexity index is 696. The zero-order valence-electron chi connectivity index (χ0n) is 14.0. The molecule has 0 aromatic heterocycles. The number of nitro benzene ring substituents is 1. The molecular formula is C15H18N4O7. The molecule has 1 aliphatic heterocycles. The number of nitro groups is 1. The van der Waals surface area contributed by atoms with E-state index in [1.807, 2.05) is 0 Å². The minimum Gasteiger partial charge on any atom is -0.478 e. The van der Waals surface area contributed by atoms with Gasteiger partial charge in [0.1, 0.15) is 0 Å². The molecule has 0 atom stereocenters. The first-order valence-corrected chi connectivity index (χ1v) is 7.82. The molecule has 0 radical (unpaired) electrons. The molecule has 2 N–H and O–H groups in total. The molecule has 0 saturated carbocycles. The van der Waals surface area contributed by atoms with Gasteiger partial charge in [-0.05, 0) is 13.0 Å². The molecular weight excluding hydrogens is 348 g/mol. The van der Waals surface area contributed by atoms with Crippen molar-refractivity contribution in [2.24, 2.45) is 0 Å². The maximum Gasteiger partial charge on any atom is 0.409 e. The number of nitrogens with one attached hydrogen (secondary N) is 1. The van der Waals surface area contributed by atoms with Crippen LogP contribution in [0.15, 0.2) is 18.2 Å². The van der Waals surface area contributed by atoms with Crippen LogP contribution in [0, 0.1) is 10.1 Å². The van der Waals surface area contributed by atoms with Crippen LogP contribution >= 0.6 is 0 Å². The Labute approximate surface area is 148 Å². The molecule has 11 heteroatoms. The number of carbonyl (C=O) groups is 3. The maximum atomic E-state index is 12.3. The summed E-state index contributed by atoms with van der Waals surface area (Å²) >= 11 is 0. The first-order chi connectivity index (χ1) is 12.3. The lowest BCUT2D eigenvalue weighted by molar-refractivity contribution is -0.384. The predicted molar refractivity (Wildman–Crippen MR) is 87.7 cm³/mol. The third kappa shape index (κ3) is 4.66. The molecule has 1 saturated heterocycles. The molecule has 1 aromatic carbocycles. The number of piperazine rings is 1. The minimum atomic E-state index is -1.37. The molecule has 140 valence electrons. The number of carboxylic acid groups (broad SMARTS) is 1. The molecule has 0 bridgehead atoms. The van der Waals surface area contributed by atoms with Gasteiger partial charge >= 0.3 is 12.1 Å². The van der Waals surface area contributed by atoms with Crippen LogP contribution < -0.4 is 5.43 Å². The monoisotopic (exact) mass is 366 g/mol. The SMILES string of the molecule is CCOC(=O)N1CCN(NC(=O)c2cc(C(=O)O)cc([N+](=O)[O-])c2)CC1. The van der Waals surface area contributed by atoms with E-state index in [4.69, 9.17) is 9.84 Å². The van der Waals surface area contributed by atoms with E-state index in [0.29, 0.717) is 26.2 Å². The second kappa shape index (κ2) is 8.25. The number of carbonyl (C=O) groups excluding carboxylic acids is 2. The van der Waals surface area contributed by atoms with Crippen molar-refractivity contribution in [1.82, 2.24) is 15.3 Å². The molecule has 11 nitrogen and oxygen atoms in total. The highest BCUT2D eigenvalue weighted by Crippen LogP contribution is 2.17. The standard InChI is InChI=1S/C15H18N4O7/c1-2-26-15(23)17-3-5-18(6-4-17)16-13(20)10-7-11(14(21)22)9-12(8-10)19(24)25/h7-9H,2-6H2,1H3,(H,16,20)(H,21,22). The Morgan fingerprint density at radius 2 is 1.81 bits per heavy atom. The van der Waals surface area contributed by atoms with Crippen molar-refractivity contribution in [3.8, 4) is 0 Å². The van der Waals surface area contributed by atoms with Crippen LogP contribution in [0.5, 0.6) is 0 Å². The summed E-state index contributed by atoms with van der Waals surface area (Å²) < 4.78 is 4.90. The molecule has 0 spiro atoms. The van der Waals surface area contributed by atoms with Crippen molar-refractivity contribution in [2.45, 2.75) is 6.92 Å². The number of hydrazine groups is 1. The molecule has 2 rings (SSSR count). The lowest BCUT2D eigenvalue weighted by Crippen LogP contribution is -2.54. The van der Waals surface area contributed by atoms with Crippen molar-refractivity contribution >= 4 is 23.7 Å². The molecule has 1 aromatic rings. The summed E-state index contributed by atoms with van der Waals surface area (Å²) in [4.78, 5) is 46.7. The number of nitrogens with zero attached hydrogens (tertiary/aromatic N) is 3. The third-order valence-electron chi connectivity index (χ3n) is 3.70. The van der Waals surface area contributed by atoms with Crippen molar-refractivity contribution in [2.75, 3.05) is 32.8 Å². The second-order valence-electron chi connectivity index (χ2n) is 5.44. The Morgan fingerprint density at radius 3 is 2.35 bits per heavy atom. The largest absolute Gasteiger partial charge is 0.478 e. The lowest BCUT2D eigenvalue weighted by atomic mass is 10.1. The Morgan fingerprint density at radius 1 is 1.19 bits per heavy atom. The first-order valence-electron chi connectivity index (χ1n) is 7.82. The summed E-state index contributed by atoms with van der Waals surface area (Å²) in [6.07, 6.45) is -0.428. The lowest BCUT2D eigenvalue weighted by Gasteiger charge is -2.33. The predicted octanol–water partition coefficient (Wildman–Crippen LogP) is 0.712. The van der Waals surface area contributed by atoms with Gasteiger partial charge < -0.3 is 14.7 Å². The van der Waals surface area contributed by atoms with E-state index in [9.17, 15) is 24.5 Å². The summed E-state index contributed by atoms with van der Waals surface area (Å²) in [7, 11) is 0. The molecule has 2 amide bonds. The molecule has 0 aliphatic carbocycles. The van der Waals surface area contributed by atoms with E-state index in [1.54, 1.807) is 11.9 Å². The quantitative estimate of drug-likeness (QED) is 0.573. The molecule has 1 fully saturated rings. The van der Waals surface area contributed by atoms with Crippen molar-refractivity contribution in [1.29, 1.82) is 0 Å². The van der Waals surface area contributed by atoms with E-state index < -0.39 is 28.6 Å². The summed E-state index contributed by atoms with van der Waals surface area (Å²) in [5.74, 6) is -2.04. The van der Waals surface area contributed by atoms with Gasteiger partial charge in [0.2, 0.25) is 0 Å². The summed E-state index contributed by atoms with van der Waals surface area (Å²) in [6.45, 7) is 3.34. The number of carboxylic acids is 1. The van der Waals surface area contributed by atoms with Gasteiger partial charge in [0, 0.05) is 43.9 Å². The number of benzene rings is 1. The molecule has 26 heavy (non-hydrogen) atoms. The van der Waals surface area contributed by atoms with Crippen LogP contribution in [0.2, 0.25) is 0 Å². The molecule has 0 unspecified atom stereocenters. The smallest absolute Gasteiger partial charge is 0.409 e. The van der Waals surface area contributed by atoms with Crippen molar-refractivity contribution in [3.05, 3.63) is 39.4 Å². The average Bonchev–Trinajstić information content (AvgIpc) is 2.62. The van der Waals surface area contributed by atoms with Gasteiger partial charge in [0.25, 0.3) is 11.6 Å². The summed E-state index contributed by atoms with van der Waals surface area (Å²) in [5.41, 5.74) is 1.59. The van der Waals surface area contributed by atoms with Crippen LogP contribution in [0.1, 0.15) is 27.6 Å². The minimum absolute atomic E-state index is 0.135. The number of aromatic carboxylic acids is 1. The Balaban J connectivity index is 2.03. The number of amides is 2. The zero-order valence-corrected chi connectivity index (χ0v) is 14.0. The van der Waals surface area contributed by atoms with Crippen LogP contribution in [0.4, 0.5) is 10.5 Å². The number of ether oxygens (including phenoxy) is 1. The van der Waals surface area contributed by atoms with Crippen LogP contribution in [0.3, 0.4) is 0 Å². The van der Waals surface area contributed by atoms with Gasteiger partial charge in [0.15, 0.2) is 0 Å². The highest BCUT2D eigenvalue weighted by atomic mass is 16.6. The number of hydrogen-bond donors (Lipinski definition) is 2. The fraction of sp³-hybridized carbons (Fsp3) is 0.400. The van der Waals surface area contributed by atoms with Crippen molar-refractivity contribution < 1.29 is 29.2 Å². The van der Waals surface area contributed by atoms with Crippen LogP contribution in [-0.4, -0.2) is 70.7 Å². The van der Waals surface area contributed by atoms with Gasteiger partial charge in [-0.15, -0.1) is 0 Å². The third-order valence-corrected chi connectivity index (χ3v) is 3.70. The summed E-state index contributed by atoms with van der Waals surface area (Å²) in [6, 6.07) is 2.97. The highest BCUT2D eigenvalue weighted by Gasteiger charge is 2.24. The van der Waals surface area contributed by atoms with Gasteiger partial charge in [-0.1, -0.05) is 0 Å². The Kier molecular flexibility index (Phi) is 6.07. The van der Waals surface area contributed by atoms with E-state index in [1.165, 1.54) is 4.90 Å². The van der Waals surface area contributed by atoms with Gasteiger partial charge in [-0.2, -0.15) is 0 Å². The second-order valence-corrected chi connectivity index (χ2v) is 5.44. The number of hydrogen-bond acceptors (Lipinski definition) is 7. The highest BCUT2D eigenvalue weighted by molar-refractivity contribution is 5.98. The zero-order chi connectivity index (χ0) is 19.3. The van der Waals surface area contributed by atoms with Crippen LogP contribution in [0.25, 0.3) is 0 Å². The average molecular weight is 366 g/mol. The first kappa shape index (κ1) is 19.1. The van der Waals surface area contributed by atoms with E-state index >= 15 is 0 Å². The van der Waals surface area contributed by atoms with E-state index in [2.05, 4.69) is 5.43 Å². The maximum absolute atomic E-state index is 12.3. The van der Waals surface area contributed by atoms with E-state index in [0.717, 1.165) is 18.2 Å².